The smallest absolute Gasteiger partial charge is 0.163 e. The zero-order valence-corrected chi connectivity index (χ0v) is 15.1. The molecule has 3 aromatic heterocycles. The molecule has 1 aromatic carbocycles. The van der Waals surface area contributed by atoms with Crippen LogP contribution >= 0.6 is 11.6 Å². The normalized spacial score (nSPS) is 10.6. The summed E-state index contributed by atoms with van der Waals surface area (Å²) in [7, 11) is 0. The third-order valence-electron chi connectivity index (χ3n) is 4.01. The van der Waals surface area contributed by atoms with Crippen LogP contribution in [0.2, 0.25) is 5.02 Å². The van der Waals surface area contributed by atoms with Crippen molar-refractivity contribution in [1.82, 2.24) is 19.9 Å². The zero-order chi connectivity index (χ0) is 18.5. The first-order valence-electron chi connectivity index (χ1n) is 8.46. The number of rotatable bonds is 5. The Balaban J connectivity index is 1.71. The van der Waals surface area contributed by atoms with Crippen molar-refractivity contribution in [3.8, 4) is 22.6 Å². The van der Waals surface area contributed by atoms with E-state index in [1.807, 2.05) is 54.6 Å². The number of hydrogen-bond acceptors (Lipinski definition) is 5. The van der Waals surface area contributed by atoms with Gasteiger partial charge in [-0.1, -0.05) is 23.7 Å². The van der Waals surface area contributed by atoms with Crippen molar-refractivity contribution in [2.75, 3.05) is 5.32 Å². The lowest BCUT2D eigenvalue weighted by Gasteiger charge is -2.10. The van der Waals surface area contributed by atoms with Crippen molar-refractivity contribution in [1.29, 1.82) is 0 Å². The minimum atomic E-state index is 0.618. The first kappa shape index (κ1) is 17.1. The summed E-state index contributed by atoms with van der Waals surface area (Å²) < 4.78 is 0. The van der Waals surface area contributed by atoms with Crippen molar-refractivity contribution in [3.63, 3.8) is 0 Å². The lowest BCUT2D eigenvalue weighted by molar-refractivity contribution is 1.08. The summed E-state index contributed by atoms with van der Waals surface area (Å²) in [6, 6.07) is 17.3. The highest BCUT2D eigenvalue weighted by Gasteiger charge is 2.09. The number of pyridine rings is 2. The van der Waals surface area contributed by atoms with Gasteiger partial charge in [0, 0.05) is 53.5 Å². The largest absolute Gasteiger partial charge is 0.366 e. The molecular weight excluding hydrogens is 358 g/mol. The average molecular weight is 374 g/mol. The molecule has 3 heterocycles. The molecule has 1 N–H and O–H groups in total. The molecule has 0 aliphatic carbocycles. The van der Waals surface area contributed by atoms with Gasteiger partial charge in [0.05, 0.1) is 5.69 Å². The van der Waals surface area contributed by atoms with Crippen molar-refractivity contribution in [2.24, 2.45) is 0 Å². The summed E-state index contributed by atoms with van der Waals surface area (Å²) in [6.45, 7) is 0.645. The van der Waals surface area contributed by atoms with E-state index in [9.17, 15) is 0 Å². The average Bonchev–Trinajstić information content (AvgIpc) is 2.74. The Morgan fingerprint density at radius 2 is 1.63 bits per heavy atom. The lowest BCUT2D eigenvalue weighted by atomic mass is 10.1. The Bertz CT molecular complexity index is 1020. The van der Waals surface area contributed by atoms with E-state index < -0.39 is 0 Å². The van der Waals surface area contributed by atoms with Crippen LogP contribution in [0.15, 0.2) is 79.4 Å². The van der Waals surface area contributed by atoms with Gasteiger partial charge in [-0.15, -0.1) is 0 Å². The Hall–Kier alpha value is -3.31. The number of nitrogens with one attached hydrogen (secondary N) is 1. The van der Waals surface area contributed by atoms with Crippen LogP contribution in [0.25, 0.3) is 22.6 Å². The maximum absolute atomic E-state index is 6.02. The number of nitrogens with zero attached hydrogens (tertiary/aromatic N) is 4. The SMILES string of the molecule is Clc1ccc(-c2cc(NCc3ccncc3)nc(-c3cccnc3)n2)cc1. The van der Waals surface area contributed by atoms with E-state index in [0.717, 1.165) is 28.2 Å². The third-order valence-corrected chi connectivity index (χ3v) is 4.26. The Labute approximate surface area is 162 Å². The quantitative estimate of drug-likeness (QED) is 0.541. The fourth-order valence-corrected chi connectivity index (χ4v) is 2.75. The van der Waals surface area contributed by atoms with Crippen LogP contribution < -0.4 is 5.32 Å². The van der Waals surface area contributed by atoms with Crippen molar-refractivity contribution < 1.29 is 0 Å². The molecule has 0 aliphatic heterocycles. The van der Waals surface area contributed by atoms with Gasteiger partial charge >= 0.3 is 0 Å². The van der Waals surface area contributed by atoms with Crippen LogP contribution in [0, 0.1) is 0 Å². The minimum absolute atomic E-state index is 0.618. The predicted octanol–water partition coefficient (Wildman–Crippen LogP) is 4.87. The molecule has 5 nitrogen and oxygen atoms in total. The molecule has 0 saturated carbocycles. The first-order chi connectivity index (χ1) is 13.3. The van der Waals surface area contributed by atoms with Crippen LogP contribution in [0.1, 0.15) is 5.56 Å². The Morgan fingerprint density at radius 1 is 0.815 bits per heavy atom. The molecule has 4 aromatic rings. The van der Waals surface area contributed by atoms with Gasteiger partial charge in [0.1, 0.15) is 5.82 Å². The van der Waals surface area contributed by atoms with Gasteiger partial charge in [-0.2, -0.15) is 0 Å². The van der Waals surface area contributed by atoms with Crippen LogP contribution in [0.3, 0.4) is 0 Å². The van der Waals surface area contributed by atoms with Gasteiger partial charge in [0.15, 0.2) is 5.82 Å². The molecule has 0 amide bonds. The van der Waals surface area contributed by atoms with Crippen molar-refractivity contribution in [2.45, 2.75) is 6.54 Å². The van der Waals surface area contributed by atoms with Crippen molar-refractivity contribution >= 4 is 17.4 Å². The standard InChI is InChI=1S/C21H16ClN5/c22-18-5-3-16(4-6-18)19-12-20(25-13-15-7-10-23-11-8-15)27-21(26-19)17-2-1-9-24-14-17/h1-12,14H,13H2,(H,25,26,27). The molecule has 27 heavy (non-hydrogen) atoms. The molecule has 0 bridgehead atoms. The lowest BCUT2D eigenvalue weighted by Crippen LogP contribution is -2.04. The van der Waals surface area contributed by atoms with Gasteiger partial charge in [-0.3, -0.25) is 9.97 Å². The van der Waals surface area contributed by atoms with Gasteiger partial charge in [0.2, 0.25) is 0 Å². The summed E-state index contributed by atoms with van der Waals surface area (Å²) in [6.07, 6.45) is 7.04. The Morgan fingerprint density at radius 3 is 2.37 bits per heavy atom. The number of halogens is 1. The molecule has 0 radical (unpaired) electrons. The van der Waals surface area contributed by atoms with Crippen LogP contribution in [-0.2, 0) is 6.54 Å². The van der Waals surface area contributed by atoms with Crippen LogP contribution in [0.5, 0.6) is 0 Å². The summed E-state index contributed by atoms with van der Waals surface area (Å²) >= 11 is 6.02. The van der Waals surface area contributed by atoms with Crippen molar-refractivity contribution in [3.05, 3.63) is 90.0 Å². The molecule has 0 atom stereocenters. The van der Waals surface area contributed by atoms with E-state index in [1.54, 1.807) is 24.8 Å². The molecule has 132 valence electrons. The fraction of sp³-hybridized carbons (Fsp3) is 0.0476. The summed E-state index contributed by atoms with van der Waals surface area (Å²) in [4.78, 5) is 17.6. The molecule has 0 aliphatic rings. The maximum Gasteiger partial charge on any atom is 0.163 e. The molecule has 6 heteroatoms. The number of anilines is 1. The summed E-state index contributed by atoms with van der Waals surface area (Å²) in [5.41, 5.74) is 3.77. The van der Waals surface area contributed by atoms with Crippen LogP contribution in [-0.4, -0.2) is 19.9 Å². The van der Waals surface area contributed by atoms with Crippen LogP contribution in [0.4, 0.5) is 5.82 Å². The highest BCUT2D eigenvalue weighted by Crippen LogP contribution is 2.25. The number of benzene rings is 1. The minimum Gasteiger partial charge on any atom is -0.366 e. The summed E-state index contributed by atoms with van der Waals surface area (Å²) in [5, 5.41) is 4.06. The molecule has 0 saturated heterocycles. The second kappa shape index (κ2) is 7.93. The van der Waals surface area contributed by atoms with Gasteiger partial charge in [0.25, 0.3) is 0 Å². The molecular formula is C21H16ClN5. The molecule has 0 unspecified atom stereocenters. The molecule has 4 rings (SSSR count). The Kier molecular flexibility index (Phi) is 5.03. The van der Waals surface area contributed by atoms with E-state index in [1.165, 1.54) is 0 Å². The second-order valence-electron chi connectivity index (χ2n) is 5.92. The van der Waals surface area contributed by atoms with E-state index in [-0.39, 0.29) is 0 Å². The topological polar surface area (TPSA) is 63.6 Å². The van der Waals surface area contributed by atoms with E-state index >= 15 is 0 Å². The second-order valence-corrected chi connectivity index (χ2v) is 6.36. The molecule has 0 spiro atoms. The van der Waals surface area contributed by atoms with Gasteiger partial charge in [-0.25, -0.2) is 9.97 Å². The first-order valence-corrected chi connectivity index (χ1v) is 8.84. The number of hydrogen-bond donors (Lipinski definition) is 1. The van der Waals surface area contributed by atoms with E-state index in [2.05, 4.69) is 20.3 Å². The summed E-state index contributed by atoms with van der Waals surface area (Å²) in [5.74, 6) is 1.36. The van der Waals surface area contributed by atoms with Gasteiger partial charge < -0.3 is 5.32 Å². The molecule has 0 fully saturated rings. The van der Waals surface area contributed by atoms with Gasteiger partial charge in [-0.05, 0) is 42.0 Å². The highest BCUT2D eigenvalue weighted by atomic mass is 35.5. The fourth-order valence-electron chi connectivity index (χ4n) is 2.62. The monoisotopic (exact) mass is 373 g/mol. The highest BCUT2D eigenvalue weighted by molar-refractivity contribution is 6.30. The zero-order valence-electron chi connectivity index (χ0n) is 14.4. The maximum atomic E-state index is 6.02. The third kappa shape index (κ3) is 4.27. The van der Waals surface area contributed by atoms with E-state index in [0.29, 0.717) is 17.4 Å². The van der Waals surface area contributed by atoms with E-state index in [4.69, 9.17) is 16.6 Å². The number of aromatic nitrogens is 4. The predicted molar refractivity (Wildman–Crippen MR) is 107 cm³/mol.